The van der Waals surface area contributed by atoms with E-state index < -0.39 is 0 Å². The van der Waals surface area contributed by atoms with Crippen molar-refractivity contribution < 1.29 is 4.79 Å². The standard InChI is InChI=1S/C21H20Cl3NO/c1-25-11-18-17(21(25)26)9-8-16(15-7-6-14(23)10-19(15)24)20(18)12-2-4-13(22)5-3-12/h2-7,10,16-18,20H,8-9,11H2,1H3. The van der Waals surface area contributed by atoms with Gasteiger partial charge in [-0.05, 0) is 66.0 Å². The van der Waals surface area contributed by atoms with Gasteiger partial charge in [0.15, 0.2) is 0 Å². The highest BCUT2D eigenvalue weighted by atomic mass is 35.5. The van der Waals surface area contributed by atoms with Crippen molar-refractivity contribution in [2.45, 2.75) is 24.7 Å². The zero-order chi connectivity index (χ0) is 18.4. The van der Waals surface area contributed by atoms with Gasteiger partial charge >= 0.3 is 0 Å². The average molecular weight is 409 g/mol. The highest BCUT2D eigenvalue weighted by Gasteiger charge is 2.49. The third-order valence-electron chi connectivity index (χ3n) is 6.00. The average Bonchev–Trinajstić information content (AvgIpc) is 2.90. The van der Waals surface area contributed by atoms with Crippen LogP contribution in [0.3, 0.4) is 0 Å². The lowest BCUT2D eigenvalue weighted by molar-refractivity contribution is -0.130. The van der Waals surface area contributed by atoms with E-state index in [4.69, 9.17) is 34.8 Å². The van der Waals surface area contributed by atoms with Gasteiger partial charge in [0.1, 0.15) is 0 Å². The van der Waals surface area contributed by atoms with Gasteiger partial charge in [-0.2, -0.15) is 0 Å². The Balaban J connectivity index is 1.79. The normalized spacial score (nSPS) is 28.3. The van der Waals surface area contributed by atoms with Crippen LogP contribution in [0.5, 0.6) is 0 Å². The van der Waals surface area contributed by atoms with Crippen LogP contribution in [0.25, 0.3) is 0 Å². The van der Waals surface area contributed by atoms with E-state index >= 15 is 0 Å². The van der Waals surface area contributed by atoms with Crippen LogP contribution in [0, 0.1) is 11.8 Å². The molecule has 0 bridgehead atoms. The predicted octanol–water partition coefficient (Wildman–Crippen LogP) is 6.01. The summed E-state index contributed by atoms with van der Waals surface area (Å²) in [4.78, 5) is 14.5. The molecule has 2 aromatic rings. The summed E-state index contributed by atoms with van der Waals surface area (Å²) in [5.41, 5.74) is 2.35. The summed E-state index contributed by atoms with van der Waals surface area (Å²) in [6, 6.07) is 13.8. The minimum atomic E-state index is 0.100. The Morgan fingerprint density at radius 3 is 2.27 bits per heavy atom. The van der Waals surface area contributed by atoms with Crippen molar-refractivity contribution in [1.82, 2.24) is 4.90 Å². The second kappa shape index (κ2) is 7.07. The van der Waals surface area contributed by atoms with Crippen LogP contribution in [0.4, 0.5) is 0 Å². The van der Waals surface area contributed by atoms with Gasteiger partial charge in [0, 0.05) is 34.6 Å². The molecular formula is C21H20Cl3NO. The highest BCUT2D eigenvalue weighted by Crippen LogP contribution is 2.53. The molecule has 5 heteroatoms. The number of rotatable bonds is 2. The van der Waals surface area contributed by atoms with Crippen LogP contribution in [0.1, 0.15) is 35.8 Å². The van der Waals surface area contributed by atoms with Gasteiger partial charge < -0.3 is 4.90 Å². The molecule has 1 saturated carbocycles. The predicted molar refractivity (Wildman–Crippen MR) is 107 cm³/mol. The number of halogens is 3. The Hall–Kier alpha value is -1.22. The maximum Gasteiger partial charge on any atom is 0.225 e. The molecule has 136 valence electrons. The Morgan fingerprint density at radius 2 is 1.58 bits per heavy atom. The molecule has 4 rings (SSSR count). The second-order valence-electron chi connectivity index (χ2n) is 7.42. The molecule has 0 N–H and O–H groups in total. The highest BCUT2D eigenvalue weighted by molar-refractivity contribution is 6.35. The molecule has 1 amide bonds. The number of likely N-dealkylation sites (tertiary alicyclic amines) is 1. The molecule has 2 nitrogen and oxygen atoms in total. The van der Waals surface area contributed by atoms with E-state index in [1.54, 1.807) is 0 Å². The van der Waals surface area contributed by atoms with Gasteiger partial charge in [0.05, 0.1) is 0 Å². The molecule has 1 aliphatic heterocycles. The molecule has 4 unspecified atom stereocenters. The number of benzene rings is 2. The second-order valence-corrected chi connectivity index (χ2v) is 8.70. The van der Waals surface area contributed by atoms with E-state index in [0.717, 1.165) is 30.0 Å². The van der Waals surface area contributed by atoms with Crippen molar-refractivity contribution in [2.75, 3.05) is 13.6 Å². The lowest BCUT2D eigenvalue weighted by Crippen LogP contribution is -2.32. The van der Waals surface area contributed by atoms with E-state index in [2.05, 4.69) is 12.1 Å². The molecule has 1 heterocycles. The third-order valence-corrected chi connectivity index (χ3v) is 6.81. The zero-order valence-corrected chi connectivity index (χ0v) is 16.7. The molecule has 0 radical (unpaired) electrons. The summed E-state index contributed by atoms with van der Waals surface area (Å²) in [7, 11) is 1.91. The van der Waals surface area contributed by atoms with Gasteiger partial charge in [0.25, 0.3) is 0 Å². The molecular weight excluding hydrogens is 389 g/mol. The Morgan fingerprint density at radius 1 is 0.923 bits per heavy atom. The minimum Gasteiger partial charge on any atom is -0.345 e. The number of hydrogen-bond acceptors (Lipinski definition) is 1. The van der Waals surface area contributed by atoms with E-state index in [-0.39, 0.29) is 23.7 Å². The minimum absolute atomic E-state index is 0.100. The fourth-order valence-corrected chi connectivity index (χ4v) is 5.53. The Kier molecular flexibility index (Phi) is 4.94. The monoisotopic (exact) mass is 407 g/mol. The molecule has 2 fully saturated rings. The van der Waals surface area contributed by atoms with Crippen molar-refractivity contribution in [2.24, 2.45) is 11.8 Å². The fourth-order valence-electron chi connectivity index (χ4n) is 4.85. The van der Waals surface area contributed by atoms with Crippen LogP contribution in [-0.2, 0) is 4.79 Å². The number of amides is 1. The van der Waals surface area contributed by atoms with E-state index in [9.17, 15) is 4.79 Å². The van der Waals surface area contributed by atoms with E-state index in [1.165, 1.54) is 5.56 Å². The number of carbonyl (C=O) groups is 1. The van der Waals surface area contributed by atoms with Gasteiger partial charge in [-0.3, -0.25) is 4.79 Å². The lowest BCUT2D eigenvalue weighted by Gasteiger charge is -2.40. The van der Waals surface area contributed by atoms with Crippen LogP contribution in [-0.4, -0.2) is 24.4 Å². The zero-order valence-electron chi connectivity index (χ0n) is 14.5. The summed E-state index contributed by atoms with van der Waals surface area (Å²) in [6.45, 7) is 0.790. The number of fused-ring (bicyclic) bond motifs is 1. The van der Waals surface area contributed by atoms with Crippen molar-refractivity contribution in [3.63, 3.8) is 0 Å². The molecule has 2 aliphatic rings. The first-order valence-electron chi connectivity index (χ1n) is 8.91. The maximum absolute atomic E-state index is 12.6. The maximum atomic E-state index is 12.6. The first kappa shape index (κ1) is 18.2. The van der Waals surface area contributed by atoms with Crippen LogP contribution >= 0.6 is 34.8 Å². The quantitative estimate of drug-likeness (QED) is 0.595. The molecule has 26 heavy (non-hydrogen) atoms. The summed E-state index contributed by atoms with van der Waals surface area (Å²) >= 11 is 18.8. The van der Waals surface area contributed by atoms with Gasteiger partial charge in [0.2, 0.25) is 5.91 Å². The van der Waals surface area contributed by atoms with Gasteiger partial charge in [-0.1, -0.05) is 53.0 Å². The molecule has 4 atom stereocenters. The van der Waals surface area contributed by atoms with E-state index in [1.807, 2.05) is 42.3 Å². The summed E-state index contributed by atoms with van der Waals surface area (Å²) in [6.07, 6.45) is 1.84. The topological polar surface area (TPSA) is 20.3 Å². The SMILES string of the molecule is CN1CC2C(CCC(c3ccc(Cl)cc3Cl)C2c2ccc(Cl)cc2)C1=O. The van der Waals surface area contributed by atoms with Crippen molar-refractivity contribution >= 4 is 40.7 Å². The van der Waals surface area contributed by atoms with E-state index in [0.29, 0.717) is 16.0 Å². The number of carbonyl (C=O) groups excluding carboxylic acids is 1. The van der Waals surface area contributed by atoms with Gasteiger partial charge in [-0.15, -0.1) is 0 Å². The van der Waals surface area contributed by atoms with Crippen LogP contribution in [0.15, 0.2) is 42.5 Å². The Bertz CT molecular complexity index is 836. The first-order chi connectivity index (χ1) is 12.5. The smallest absolute Gasteiger partial charge is 0.225 e. The molecule has 1 saturated heterocycles. The van der Waals surface area contributed by atoms with Crippen LogP contribution < -0.4 is 0 Å². The Labute approximate surface area is 169 Å². The molecule has 2 aromatic carbocycles. The summed E-state index contributed by atoms with van der Waals surface area (Å²) in [5, 5.41) is 2.07. The third kappa shape index (κ3) is 3.13. The van der Waals surface area contributed by atoms with Crippen molar-refractivity contribution in [3.8, 4) is 0 Å². The van der Waals surface area contributed by atoms with Crippen molar-refractivity contribution in [3.05, 3.63) is 68.7 Å². The van der Waals surface area contributed by atoms with Gasteiger partial charge in [-0.25, -0.2) is 0 Å². The van der Waals surface area contributed by atoms with Crippen LogP contribution in [0.2, 0.25) is 15.1 Å². The number of nitrogens with zero attached hydrogens (tertiary/aromatic N) is 1. The number of hydrogen-bond donors (Lipinski definition) is 0. The summed E-state index contributed by atoms with van der Waals surface area (Å²) < 4.78 is 0. The van der Waals surface area contributed by atoms with Crippen molar-refractivity contribution in [1.29, 1.82) is 0 Å². The molecule has 0 spiro atoms. The largest absolute Gasteiger partial charge is 0.345 e. The fraction of sp³-hybridized carbons (Fsp3) is 0.381. The molecule has 1 aliphatic carbocycles. The molecule has 0 aromatic heterocycles. The summed E-state index contributed by atoms with van der Waals surface area (Å²) in [5.74, 6) is 1.16. The lowest BCUT2D eigenvalue weighted by atomic mass is 9.63. The first-order valence-corrected chi connectivity index (χ1v) is 10.0.